The lowest BCUT2D eigenvalue weighted by molar-refractivity contribution is 0.0521. The number of nitrogens with zero attached hydrogens (tertiary/aromatic N) is 1. The fourth-order valence-electron chi connectivity index (χ4n) is 1.24. The first kappa shape index (κ1) is 13.6. The zero-order valence-corrected chi connectivity index (χ0v) is 13.2. The molecular formula is C10H8Br2N2O3S. The van der Waals surface area contributed by atoms with E-state index < -0.39 is 5.97 Å². The van der Waals surface area contributed by atoms with E-state index in [1.54, 1.807) is 6.92 Å². The molecule has 0 aliphatic rings. The molecule has 0 aliphatic heterocycles. The number of halogens is 2. The molecule has 0 bridgehead atoms. The van der Waals surface area contributed by atoms with E-state index in [2.05, 4.69) is 36.8 Å². The summed E-state index contributed by atoms with van der Waals surface area (Å²) in [5.74, 6) is -0.323. The summed E-state index contributed by atoms with van der Waals surface area (Å²) in [6.45, 7) is 1.97. The summed E-state index contributed by atoms with van der Waals surface area (Å²) in [7, 11) is 0. The van der Waals surface area contributed by atoms with Gasteiger partial charge in [0, 0.05) is 4.47 Å². The lowest BCUT2D eigenvalue weighted by Crippen LogP contribution is -2.07. The van der Waals surface area contributed by atoms with Crippen molar-refractivity contribution in [3.63, 3.8) is 0 Å². The number of anilines is 1. The molecule has 0 fully saturated rings. The number of thiophene rings is 1. The lowest BCUT2D eigenvalue weighted by atomic mass is 10.4. The van der Waals surface area contributed by atoms with Gasteiger partial charge in [-0.15, -0.1) is 11.3 Å². The van der Waals surface area contributed by atoms with Crippen LogP contribution in [0.1, 0.15) is 17.4 Å². The van der Waals surface area contributed by atoms with Crippen LogP contribution in [0.3, 0.4) is 0 Å². The number of rotatable bonds is 3. The van der Waals surface area contributed by atoms with Gasteiger partial charge in [0.2, 0.25) is 17.5 Å². The van der Waals surface area contributed by atoms with E-state index in [1.165, 1.54) is 11.3 Å². The third-order valence-electron chi connectivity index (χ3n) is 1.98. The Hall–Kier alpha value is -0.860. The van der Waals surface area contributed by atoms with Gasteiger partial charge in [-0.2, -0.15) is 4.98 Å². The summed E-state index contributed by atoms with van der Waals surface area (Å²) in [6.07, 6.45) is 0. The highest BCUT2D eigenvalue weighted by atomic mass is 79.9. The van der Waals surface area contributed by atoms with Gasteiger partial charge in [-0.05, 0) is 44.8 Å². The van der Waals surface area contributed by atoms with Gasteiger partial charge in [0.05, 0.1) is 15.3 Å². The molecule has 5 nitrogen and oxygen atoms in total. The summed E-state index contributed by atoms with van der Waals surface area (Å²) in [6, 6.07) is 1.83. The van der Waals surface area contributed by atoms with Crippen LogP contribution in [0.15, 0.2) is 18.7 Å². The number of carbonyl (C=O) groups excluding carboxylic acids is 1. The molecule has 2 aromatic heterocycles. The number of nitrogens with two attached hydrogens (primary N) is 1. The van der Waals surface area contributed by atoms with Gasteiger partial charge < -0.3 is 14.9 Å². The van der Waals surface area contributed by atoms with Crippen molar-refractivity contribution in [2.24, 2.45) is 0 Å². The first-order chi connectivity index (χ1) is 8.52. The van der Waals surface area contributed by atoms with E-state index in [4.69, 9.17) is 14.9 Å². The molecule has 0 spiro atoms. The minimum Gasteiger partial charge on any atom is -0.461 e. The van der Waals surface area contributed by atoms with Crippen LogP contribution < -0.4 is 5.73 Å². The Bertz CT molecular complexity index is 574. The highest BCUT2D eigenvalue weighted by Gasteiger charge is 2.21. The van der Waals surface area contributed by atoms with Gasteiger partial charge in [-0.1, -0.05) is 0 Å². The second kappa shape index (κ2) is 5.41. The number of aromatic nitrogens is 1. The smallest absolute Gasteiger partial charge is 0.362 e. The number of oxazole rings is 1. The minimum atomic E-state index is -0.584. The standard InChI is InChI=1S/C10H8Br2N2O3S/c1-2-16-10(15)6-8(13)17-9(14-6)5-3-4(11)7(12)18-5/h3H,2,13H2,1H3. The molecule has 18 heavy (non-hydrogen) atoms. The highest BCUT2D eigenvalue weighted by Crippen LogP contribution is 2.38. The number of esters is 1. The van der Waals surface area contributed by atoms with E-state index in [1.807, 2.05) is 6.07 Å². The molecule has 0 aliphatic carbocycles. The zero-order valence-electron chi connectivity index (χ0n) is 9.20. The number of hydrogen-bond donors (Lipinski definition) is 1. The quantitative estimate of drug-likeness (QED) is 0.801. The van der Waals surface area contributed by atoms with Crippen molar-refractivity contribution >= 4 is 55.1 Å². The molecule has 96 valence electrons. The largest absolute Gasteiger partial charge is 0.461 e. The van der Waals surface area contributed by atoms with Crippen molar-refractivity contribution in [3.8, 4) is 10.8 Å². The van der Waals surface area contributed by atoms with Crippen molar-refractivity contribution in [1.82, 2.24) is 4.98 Å². The van der Waals surface area contributed by atoms with E-state index >= 15 is 0 Å². The van der Waals surface area contributed by atoms with Crippen LogP contribution in [-0.2, 0) is 4.74 Å². The van der Waals surface area contributed by atoms with Gasteiger partial charge in [-0.3, -0.25) is 0 Å². The molecule has 2 heterocycles. The maximum atomic E-state index is 11.5. The summed E-state index contributed by atoms with van der Waals surface area (Å²) in [4.78, 5) is 16.4. The molecule has 0 amide bonds. The third-order valence-corrected chi connectivity index (χ3v) is 5.22. The Kier molecular flexibility index (Phi) is 4.08. The van der Waals surface area contributed by atoms with Crippen molar-refractivity contribution in [2.75, 3.05) is 12.3 Å². The van der Waals surface area contributed by atoms with Crippen LogP contribution in [0.25, 0.3) is 10.8 Å². The van der Waals surface area contributed by atoms with E-state index in [9.17, 15) is 4.79 Å². The summed E-state index contributed by atoms with van der Waals surface area (Å²) in [5, 5.41) is 0. The van der Waals surface area contributed by atoms with Crippen LogP contribution in [0.4, 0.5) is 5.88 Å². The van der Waals surface area contributed by atoms with Crippen LogP contribution in [0.5, 0.6) is 0 Å². The van der Waals surface area contributed by atoms with Crippen molar-refractivity contribution in [3.05, 3.63) is 20.0 Å². The van der Waals surface area contributed by atoms with E-state index in [0.29, 0.717) is 5.89 Å². The Morgan fingerprint density at radius 2 is 2.33 bits per heavy atom. The molecule has 0 radical (unpaired) electrons. The molecule has 0 unspecified atom stereocenters. The normalized spacial score (nSPS) is 10.6. The van der Waals surface area contributed by atoms with Crippen LogP contribution in [0, 0.1) is 0 Å². The summed E-state index contributed by atoms with van der Waals surface area (Å²) >= 11 is 8.16. The Morgan fingerprint density at radius 1 is 1.61 bits per heavy atom. The van der Waals surface area contributed by atoms with Gasteiger partial charge >= 0.3 is 5.97 Å². The molecule has 2 aromatic rings. The molecule has 0 aromatic carbocycles. The number of hydrogen-bond acceptors (Lipinski definition) is 6. The summed E-state index contributed by atoms with van der Waals surface area (Å²) < 4.78 is 11.9. The van der Waals surface area contributed by atoms with Crippen molar-refractivity contribution < 1.29 is 13.9 Å². The predicted molar refractivity (Wildman–Crippen MR) is 75.6 cm³/mol. The van der Waals surface area contributed by atoms with Gasteiger partial charge in [0.1, 0.15) is 0 Å². The van der Waals surface area contributed by atoms with E-state index in [0.717, 1.165) is 13.1 Å². The van der Waals surface area contributed by atoms with Crippen LogP contribution >= 0.6 is 43.2 Å². The SMILES string of the molecule is CCOC(=O)c1nc(-c2cc(Br)c(Br)s2)oc1N. The lowest BCUT2D eigenvalue weighted by Gasteiger charge is -1.96. The molecule has 0 saturated carbocycles. The number of ether oxygens (including phenoxy) is 1. The molecule has 2 N–H and O–H groups in total. The van der Waals surface area contributed by atoms with Crippen molar-refractivity contribution in [2.45, 2.75) is 6.92 Å². The molecule has 0 atom stereocenters. The molecule has 0 saturated heterocycles. The second-order valence-electron chi connectivity index (χ2n) is 3.18. The van der Waals surface area contributed by atoms with Gasteiger partial charge in [0.15, 0.2) is 0 Å². The number of nitrogen functional groups attached to an aromatic ring is 1. The second-order valence-corrected chi connectivity index (χ2v) is 6.41. The maximum Gasteiger partial charge on any atom is 0.362 e. The molecular weight excluding hydrogens is 388 g/mol. The van der Waals surface area contributed by atoms with Gasteiger partial charge in [-0.25, -0.2) is 4.79 Å². The van der Waals surface area contributed by atoms with Gasteiger partial charge in [0.25, 0.3) is 0 Å². The Morgan fingerprint density at radius 3 is 2.89 bits per heavy atom. The highest BCUT2D eigenvalue weighted by molar-refractivity contribution is 9.13. The molecule has 8 heteroatoms. The first-order valence-electron chi connectivity index (χ1n) is 4.91. The monoisotopic (exact) mass is 394 g/mol. The zero-order chi connectivity index (χ0) is 13.3. The van der Waals surface area contributed by atoms with E-state index in [-0.39, 0.29) is 18.2 Å². The fourth-order valence-corrected chi connectivity index (χ4v) is 3.20. The number of carbonyl (C=O) groups is 1. The van der Waals surface area contributed by atoms with Crippen LogP contribution in [-0.4, -0.2) is 17.6 Å². The van der Waals surface area contributed by atoms with Crippen LogP contribution in [0.2, 0.25) is 0 Å². The summed E-state index contributed by atoms with van der Waals surface area (Å²) in [5.41, 5.74) is 5.61. The Balaban J connectivity index is 2.36. The average molecular weight is 396 g/mol. The third kappa shape index (κ3) is 2.60. The first-order valence-corrected chi connectivity index (χ1v) is 7.31. The molecule has 2 rings (SSSR count). The minimum absolute atomic E-state index is 0.00694. The predicted octanol–water partition coefficient (Wildman–Crippen LogP) is 3.69. The fraction of sp³-hybridized carbons (Fsp3) is 0.200. The average Bonchev–Trinajstić information content (AvgIpc) is 2.84. The van der Waals surface area contributed by atoms with Crippen molar-refractivity contribution in [1.29, 1.82) is 0 Å². The topological polar surface area (TPSA) is 78.3 Å². The Labute approximate surface area is 124 Å². The maximum absolute atomic E-state index is 11.5.